The van der Waals surface area contributed by atoms with Gasteiger partial charge < -0.3 is 14.2 Å². The van der Waals surface area contributed by atoms with Gasteiger partial charge in [0.15, 0.2) is 0 Å². The van der Waals surface area contributed by atoms with Crippen LogP contribution in [0.3, 0.4) is 0 Å². The van der Waals surface area contributed by atoms with Crippen molar-refractivity contribution < 1.29 is 8.81 Å². The molecule has 4 unspecified atom stereocenters. The summed E-state index contributed by atoms with van der Waals surface area (Å²) in [5.74, 6) is 4.24. The van der Waals surface area contributed by atoms with Gasteiger partial charge in [0, 0.05) is 25.6 Å². The smallest absolute Gasteiger partial charge is 0.220 e. The summed E-state index contributed by atoms with van der Waals surface area (Å²) in [5, 5.41) is 0. The van der Waals surface area contributed by atoms with Crippen molar-refractivity contribution in [1.29, 1.82) is 0 Å². The van der Waals surface area contributed by atoms with Crippen molar-refractivity contribution >= 4 is 5.88 Å². The van der Waals surface area contributed by atoms with E-state index in [0.29, 0.717) is 29.7 Å². The van der Waals surface area contributed by atoms with E-state index in [9.17, 15) is 4.39 Å². The number of hydrogen-bond acceptors (Lipinski definition) is 5. The molecule has 0 radical (unpaired) electrons. The average Bonchev–Trinajstić information content (AvgIpc) is 3.42. The highest BCUT2D eigenvalue weighted by Crippen LogP contribution is 2.43. The van der Waals surface area contributed by atoms with Gasteiger partial charge in [-0.25, -0.2) is 9.37 Å². The lowest BCUT2D eigenvalue weighted by atomic mass is 9.74. The van der Waals surface area contributed by atoms with E-state index in [1.54, 1.807) is 12.1 Å². The molecule has 1 aliphatic carbocycles. The van der Waals surface area contributed by atoms with Crippen LogP contribution < -0.4 is 4.90 Å². The molecule has 2 aromatic carbocycles. The Morgan fingerprint density at radius 3 is 2.14 bits per heavy atom. The molecule has 1 saturated heterocycles. The minimum atomic E-state index is -0.164. The molecule has 1 aliphatic heterocycles. The monoisotopic (exact) mass is 602 g/mol. The van der Waals surface area contributed by atoms with Crippen molar-refractivity contribution in [2.45, 2.75) is 84.7 Å². The van der Waals surface area contributed by atoms with Gasteiger partial charge in [0.25, 0.3) is 0 Å². The number of nitrogens with zero attached hydrogens (tertiary/aromatic N) is 4. The summed E-state index contributed by atoms with van der Waals surface area (Å²) in [6.07, 6.45) is 7.94. The Labute approximate surface area is 265 Å². The van der Waals surface area contributed by atoms with Crippen LogP contribution in [0, 0.1) is 29.5 Å². The largest absolute Gasteiger partial charge is 0.423 e. The lowest BCUT2D eigenvalue weighted by Crippen LogP contribution is -2.39. The highest BCUT2D eigenvalue weighted by Gasteiger charge is 2.35. The third-order valence-electron chi connectivity index (χ3n) is 10.3. The summed E-state index contributed by atoms with van der Waals surface area (Å²) in [5.41, 5.74) is 3.59. The van der Waals surface area contributed by atoms with Crippen LogP contribution in [-0.4, -0.2) is 55.1 Å². The standard InChI is InChI=1S/C38H55FN4O/c1-7-42(8-2)35(24-30-14-16-31(17-15-30)36(41(5)6)32-18-20-33(39)21-19-32)37-40-34(23-29-12-10-9-11-13-29)38(44-37)43-25-27(3)22-28(4)26-43/h9-13,18-21,27-28,30-31,35-36H,7-8,14-17,22-26H2,1-6H3. The molecule has 2 heterocycles. The molecule has 2 fully saturated rings. The number of anilines is 1. The summed E-state index contributed by atoms with van der Waals surface area (Å²) >= 11 is 0. The van der Waals surface area contributed by atoms with Gasteiger partial charge in [-0.15, -0.1) is 0 Å². The SMILES string of the molecule is CCN(CC)C(CC1CCC(C(c2ccc(F)cc2)N(C)C)CC1)c1nc(Cc2ccccc2)c(N2CC(C)CC(C)C2)o1. The first-order chi connectivity index (χ1) is 21.2. The zero-order chi connectivity index (χ0) is 31.2. The van der Waals surface area contributed by atoms with Crippen LogP contribution >= 0.6 is 0 Å². The van der Waals surface area contributed by atoms with Gasteiger partial charge >= 0.3 is 0 Å². The Balaban J connectivity index is 1.36. The quantitative estimate of drug-likeness (QED) is 0.207. The summed E-state index contributed by atoms with van der Waals surface area (Å²) in [4.78, 5) is 12.7. The zero-order valence-corrected chi connectivity index (χ0v) is 28.0. The van der Waals surface area contributed by atoms with E-state index in [2.05, 4.69) is 86.8 Å². The Morgan fingerprint density at radius 2 is 1.55 bits per heavy atom. The van der Waals surface area contributed by atoms with Gasteiger partial charge in [-0.1, -0.05) is 83.0 Å². The molecule has 44 heavy (non-hydrogen) atoms. The lowest BCUT2D eigenvalue weighted by Gasteiger charge is -2.39. The van der Waals surface area contributed by atoms with Crippen LogP contribution in [0.15, 0.2) is 59.0 Å². The van der Waals surface area contributed by atoms with Gasteiger partial charge in [-0.3, -0.25) is 4.90 Å². The molecule has 5 nitrogen and oxygen atoms in total. The molecular weight excluding hydrogens is 547 g/mol. The molecule has 4 atom stereocenters. The predicted molar refractivity (Wildman–Crippen MR) is 179 cm³/mol. The Bertz CT molecular complexity index is 1270. The van der Waals surface area contributed by atoms with Crippen molar-refractivity contribution in [3.63, 3.8) is 0 Å². The topological polar surface area (TPSA) is 35.8 Å². The second kappa shape index (κ2) is 15.1. The maximum absolute atomic E-state index is 13.7. The van der Waals surface area contributed by atoms with Gasteiger partial charge in [0.05, 0.1) is 6.04 Å². The lowest BCUT2D eigenvalue weighted by molar-refractivity contribution is 0.112. The fourth-order valence-corrected chi connectivity index (χ4v) is 8.26. The minimum Gasteiger partial charge on any atom is -0.423 e. The molecule has 240 valence electrons. The molecule has 3 aromatic rings. The molecule has 0 N–H and O–H groups in total. The third-order valence-corrected chi connectivity index (χ3v) is 10.3. The molecule has 1 saturated carbocycles. The molecule has 1 aromatic heterocycles. The van der Waals surface area contributed by atoms with Crippen LogP contribution in [0.25, 0.3) is 0 Å². The maximum atomic E-state index is 13.7. The van der Waals surface area contributed by atoms with E-state index in [1.165, 1.54) is 43.2 Å². The van der Waals surface area contributed by atoms with Gasteiger partial charge in [-0.05, 0) is 99.8 Å². The Morgan fingerprint density at radius 1 is 0.909 bits per heavy atom. The van der Waals surface area contributed by atoms with Crippen LogP contribution in [-0.2, 0) is 6.42 Å². The number of benzene rings is 2. The Kier molecular flexibility index (Phi) is 11.2. The highest BCUT2D eigenvalue weighted by atomic mass is 19.1. The number of oxazole rings is 1. The second-order valence-electron chi connectivity index (χ2n) is 14.0. The first-order valence-electron chi connectivity index (χ1n) is 17.2. The van der Waals surface area contributed by atoms with Gasteiger partial charge in [-0.2, -0.15) is 0 Å². The van der Waals surface area contributed by atoms with Crippen LogP contribution in [0.5, 0.6) is 0 Å². The Hall–Kier alpha value is -2.70. The maximum Gasteiger partial charge on any atom is 0.220 e. The first-order valence-corrected chi connectivity index (χ1v) is 17.2. The molecule has 6 heteroatoms. The number of halogens is 1. The van der Waals surface area contributed by atoms with E-state index in [4.69, 9.17) is 9.40 Å². The second-order valence-corrected chi connectivity index (χ2v) is 14.0. The number of hydrogen-bond donors (Lipinski definition) is 0. The van der Waals surface area contributed by atoms with Crippen LogP contribution in [0.1, 0.15) is 101 Å². The highest BCUT2D eigenvalue weighted by molar-refractivity contribution is 5.44. The van der Waals surface area contributed by atoms with E-state index in [0.717, 1.165) is 56.5 Å². The van der Waals surface area contributed by atoms with Gasteiger partial charge in [0.2, 0.25) is 11.8 Å². The normalized spacial score (nSPS) is 24.2. The summed E-state index contributed by atoms with van der Waals surface area (Å²) in [6.45, 7) is 13.3. The third kappa shape index (κ3) is 7.92. The molecule has 2 aliphatic rings. The van der Waals surface area contributed by atoms with E-state index >= 15 is 0 Å². The molecule has 0 amide bonds. The number of aromatic nitrogens is 1. The first kappa shape index (κ1) is 32.7. The van der Waals surface area contributed by atoms with Crippen molar-refractivity contribution in [2.75, 3.05) is 45.2 Å². The van der Waals surface area contributed by atoms with Gasteiger partial charge in [0.1, 0.15) is 11.5 Å². The fraction of sp³-hybridized carbons (Fsp3) is 0.605. The average molecular weight is 603 g/mol. The van der Waals surface area contributed by atoms with Crippen LogP contribution in [0.2, 0.25) is 0 Å². The van der Waals surface area contributed by atoms with E-state index in [-0.39, 0.29) is 11.9 Å². The molecular formula is C38H55FN4O. The minimum absolute atomic E-state index is 0.164. The number of piperidine rings is 1. The van der Waals surface area contributed by atoms with Crippen molar-refractivity contribution in [3.05, 3.63) is 83.1 Å². The molecule has 0 spiro atoms. The molecule has 5 rings (SSSR count). The van der Waals surface area contributed by atoms with E-state index < -0.39 is 0 Å². The fourth-order valence-electron chi connectivity index (χ4n) is 8.26. The summed E-state index contributed by atoms with van der Waals surface area (Å²) in [7, 11) is 4.32. The predicted octanol–water partition coefficient (Wildman–Crippen LogP) is 8.77. The van der Waals surface area contributed by atoms with Crippen molar-refractivity contribution in [3.8, 4) is 0 Å². The van der Waals surface area contributed by atoms with E-state index in [1.807, 2.05) is 12.1 Å². The summed E-state index contributed by atoms with van der Waals surface area (Å²) in [6, 6.07) is 18.4. The zero-order valence-electron chi connectivity index (χ0n) is 28.0. The van der Waals surface area contributed by atoms with Crippen LogP contribution in [0.4, 0.5) is 10.3 Å². The molecule has 0 bridgehead atoms. The number of rotatable bonds is 12. The van der Waals surface area contributed by atoms with Crippen molar-refractivity contribution in [1.82, 2.24) is 14.8 Å². The summed E-state index contributed by atoms with van der Waals surface area (Å²) < 4.78 is 20.6. The van der Waals surface area contributed by atoms with Crippen molar-refractivity contribution in [2.24, 2.45) is 23.7 Å².